The van der Waals surface area contributed by atoms with Gasteiger partial charge in [-0.2, -0.15) is 30.7 Å². The van der Waals surface area contributed by atoms with Gasteiger partial charge < -0.3 is 19.3 Å². The van der Waals surface area contributed by atoms with Gasteiger partial charge in [-0.05, 0) is 27.2 Å². The Labute approximate surface area is 172 Å². The van der Waals surface area contributed by atoms with Crippen molar-refractivity contribution in [2.24, 2.45) is 0 Å². The van der Waals surface area contributed by atoms with Crippen LogP contribution >= 0.6 is 0 Å². The van der Waals surface area contributed by atoms with Crippen molar-refractivity contribution in [3.63, 3.8) is 0 Å². The van der Waals surface area contributed by atoms with Crippen molar-refractivity contribution < 1.29 is 62.8 Å². The van der Waals surface area contributed by atoms with Crippen LogP contribution in [0.1, 0.15) is 33.6 Å². The minimum atomic E-state index is -6.80. The summed E-state index contributed by atoms with van der Waals surface area (Å²) in [5, 5.41) is -4.24. The van der Waals surface area contributed by atoms with Gasteiger partial charge in [0.05, 0.1) is 6.61 Å². The second-order valence-electron chi connectivity index (χ2n) is 7.07. The Morgan fingerprint density at radius 3 is 1.90 bits per heavy atom. The molecule has 0 aliphatic rings. The van der Waals surface area contributed by atoms with E-state index in [0.717, 1.165) is 0 Å². The SMILES string of the molecule is C=CC(=O)OC(OCCCC(F)(F)C(F)(F)S(=O)(=O)[O-])(C(=O)NC(C)(C)C)C(F)(F)F. The van der Waals surface area contributed by atoms with Crippen LogP contribution in [0.4, 0.5) is 30.7 Å². The summed E-state index contributed by atoms with van der Waals surface area (Å²) in [5.41, 5.74) is -1.32. The van der Waals surface area contributed by atoms with Gasteiger partial charge in [0.2, 0.25) is 0 Å². The minimum absolute atomic E-state index is 0.238. The van der Waals surface area contributed by atoms with Crippen LogP contribution in [-0.4, -0.2) is 60.1 Å². The average Bonchev–Trinajstić information content (AvgIpc) is 2.53. The molecule has 16 heteroatoms. The number of nitrogens with one attached hydrogen (secondary N) is 1. The predicted molar refractivity (Wildman–Crippen MR) is 87.7 cm³/mol. The number of ether oxygens (including phenoxy) is 2. The molecule has 0 saturated heterocycles. The molecule has 0 heterocycles. The Kier molecular flexibility index (Phi) is 8.70. The highest BCUT2D eigenvalue weighted by Crippen LogP contribution is 2.42. The van der Waals surface area contributed by atoms with E-state index in [1.807, 2.05) is 5.32 Å². The number of rotatable bonds is 10. The summed E-state index contributed by atoms with van der Waals surface area (Å²) in [7, 11) is -6.80. The largest absolute Gasteiger partial charge is 0.743 e. The second kappa shape index (κ2) is 9.28. The monoisotopic (exact) mass is 490 g/mol. The van der Waals surface area contributed by atoms with Crippen LogP contribution in [0.25, 0.3) is 0 Å². The molecule has 0 bridgehead atoms. The summed E-state index contributed by atoms with van der Waals surface area (Å²) in [4.78, 5) is 23.6. The fraction of sp³-hybridized carbons (Fsp3) is 0.733. The zero-order valence-corrected chi connectivity index (χ0v) is 17.1. The summed E-state index contributed by atoms with van der Waals surface area (Å²) in [6.45, 7) is 5.04. The van der Waals surface area contributed by atoms with Crippen LogP contribution < -0.4 is 5.32 Å². The van der Waals surface area contributed by atoms with Crippen LogP contribution in [0.5, 0.6) is 0 Å². The maximum absolute atomic E-state index is 13.6. The average molecular weight is 490 g/mol. The number of halogens is 7. The van der Waals surface area contributed by atoms with Crippen molar-refractivity contribution in [2.45, 2.75) is 62.3 Å². The van der Waals surface area contributed by atoms with Crippen LogP contribution in [-0.2, 0) is 29.2 Å². The molecule has 0 aromatic rings. The van der Waals surface area contributed by atoms with Crippen molar-refractivity contribution in [1.29, 1.82) is 0 Å². The summed E-state index contributed by atoms with van der Waals surface area (Å²) >= 11 is 0. The van der Waals surface area contributed by atoms with Gasteiger partial charge >= 0.3 is 35.0 Å². The summed E-state index contributed by atoms with van der Waals surface area (Å²) in [5.74, 6) is -13.7. The van der Waals surface area contributed by atoms with Gasteiger partial charge in [0, 0.05) is 18.0 Å². The smallest absolute Gasteiger partial charge is 0.466 e. The lowest BCUT2D eigenvalue weighted by molar-refractivity contribution is -0.347. The summed E-state index contributed by atoms with van der Waals surface area (Å²) < 4.78 is 133. The second-order valence-corrected chi connectivity index (χ2v) is 8.49. The molecule has 0 aliphatic carbocycles. The van der Waals surface area contributed by atoms with Gasteiger partial charge in [0.25, 0.3) is 0 Å². The Bertz CT molecular complexity index is 791. The number of amides is 1. The molecule has 1 atom stereocenters. The molecule has 0 fully saturated rings. The molecule has 182 valence electrons. The lowest BCUT2D eigenvalue weighted by atomic mass is 10.1. The third kappa shape index (κ3) is 7.03. The van der Waals surface area contributed by atoms with Crippen LogP contribution in [0, 0.1) is 0 Å². The molecule has 0 radical (unpaired) electrons. The third-order valence-corrected chi connectivity index (χ3v) is 4.18. The van der Waals surface area contributed by atoms with Crippen LogP contribution in [0.15, 0.2) is 12.7 Å². The quantitative estimate of drug-likeness (QED) is 0.125. The number of carbonyl (C=O) groups is 2. The van der Waals surface area contributed by atoms with Gasteiger partial charge in [0.15, 0.2) is 10.1 Å². The molecular weight excluding hydrogens is 471 g/mol. The summed E-state index contributed by atoms with van der Waals surface area (Å²) in [6.07, 6.45) is -9.05. The number of hydrogen-bond acceptors (Lipinski definition) is 7. The highest BCUT2D eigenvalue weighted by atomic mass is 32.2. The van der Waals surface area contributed by atoms with E-state index in [1.165, 1.54) is 20.8 Å². The zero-order valence-electron chi connectivity index (χ0n) is 16.3. The predicted octanol–water partition coefficient (Wildman–Crippen LogP) is 2.46. The molecule has 8 nitrogen and oxygen atoms in total. The Morgan fingerprint density at radius 1 is 1.06 bits per heavy atom. The highest BCUT2D eigenvalue weighted by molar-refractivity contribution is 7.86. The maximum Gasteiger partial charge on any atom is 0.466 e. The van der Waals surface area contributed by atoms with Crippen molar-refractivity contribution in [1.82, 2.24) is 5.32 Å². The Morgan fingerprint density at radius 2 is 1.55 bits per heavy atom. The Balaban J connectivity index is 5.78. The van der Waals surface area contributed by atoms with Gasteiger partial charge in [-0.1, -0.05) is 6.58 Å². The number of esters is 1. The van der Waals surface area contributed by atoms with E-state index < -0.39 is 70.1 Å². The van der Waals surface area contributed by atoms with Crippen molar-refractivity contribution >= 4 is 22.0 Å². The fourth-order valence-corrected chi connectivity index (χ4v) is 2.32. The number of carbonyl (C=O) groups excluding carboxylic acids is 2. The molecular formula is C15H19F7NO7S-. The number of hydrogen-bond donors (Lipinski definition) is 1. The first-order chi connectivity index (χ1) is 13.5. The van der Waals surface area contributed by atoms with Gasteiger partial charge in [-0.25, -0.2) is 13.2 Å². The topological polar surface area (TPSA) is 122 Å². The lowest BCUT2D eigenvalue weighted by Gasteiger charge is -2.35. The minimum Gasteiger partial charge on any atom is -0.743 e. The molecule has 31 heavy (non-hydrogen) atoms. The van der Waals surface area contributed by atoms with E-state index in [1.54, 1.807) is 0 Å². The standard InChI is InChI=1S/C15H20F7NO7S/c1-5-9(24)30-13(14(18,19)20,10(25)23-11(2,3)4)29-8-6-7-12(16,17)15(21,22)31(26,27)28/h5H,1,6-8H2,2-4H3,(H,23,25)(H,26,27,28)/p-1. The lowest BCUT2D eigenvalue weighted by Crippen LogP contribution is -2.64. The first kappa shape index (κ1) is 29.1. The molecule has 0 saturated carbocycles. The molecule has 1 amide bonds. The van der Waals surface area contributed by atoms with E-state index in [-0.39, 0.29) is 6.08 Å². The number of alkyl halides is 7. The van der Waals surface area contributed by atoms with Gasteiger partial charge in [-0.15, -0.1) is 0 Å². The molecule has 1 unspecified atom stereocenters. The van der Waals surface area contributed by atoms with E-state index in [0.29, 0.717) is 0 Å². The highest BCUT2D eigenvalue weighted by Gasteiger charge is 2.67. The van der Waals surface area contributed by atoms with Gasteiger partial charge in [-0.3, -0.25) is 4.79 Å². The zero-order chi connectivity index (χ0) is 25.1. The normalized spacial score (nSPS) is 15.7. The van der Waals surface area contributed by atoms with E-state index in [2.05, 4.69) is 16.1 Å². The van der Waals surface area contributed by atoms with E-state index >= 15 is 0 Å². The molecule has 0 aromatic carbocycles. The van der Waals surface area contributed by atoms with E-state index in [9.17, 15) is 53.3 Å². The maximum atomic E-state index is 13.6. The van der Waals surface area contributed by atoms with Gasteiger partial charge in [0.1, 0.15) is 0 Å². The molecule has 0 aromatic heterocycles. The van der Waals surface area contributed by atoms with Crippen molar-refractivity contribution in [2.75, 3.05) is 6.61 Å². The first-order valence-corrected chi connectivity index (χ1v) is 9.55. The van der Waals surface area contributed by atoms with Crippen molar-refractivity contribution in [3.05, 3.63) is 12.7 Å². The molecule has 1 N–H and O–H groups in total. The summed E-state index contributed by atoms with van der Waals surface area (Å²) in [6, 6.07) is 0. The van der Waals surface area contributed by atoms with Crippen LogP contribution in [0.3, 0.4) is 0 Å². The first-order valence-electron chi connectivity index (χ1n) is 8.14. The molecule has 0 rings (SSSR count). The van der Waals surface area contributed by atoms with Crippen LogP contribution in [0.2, 0.25) is 0 Å². The van der Waals surface area contributed by atoms with Crippen molar-refractivity contribution in [3.8, 4) is 0 Å². The fourth-order valence-electron chi connectivity index (χ4n) is 1.85. The Hall–Kier alpha value is -1.94. The molecule has 0 aliphatic heterocycles. The van der Waals surface area contributed by atoms with E-state index in [4.69, 9.17) is 0 Å². The third-order valence-electron chi connectivity index (χ3n) is 3.25. The molecule has 0 spiro atoms.